The van der Waals surface area contributed by atoms with Gasteiger partial charge in [-0.2, -0.15) is 0 Å². The first kappa shape index (κ1) is 21.5. The summed E-state index contributed by atoms with van der Waals surface area (Å²) in [6, 6.07) is 18.8. The molecule has 2 aromatic heterocycles. The number of nitrogens with zero attached hydrogens (tertiary/aromatic N) is 4. The number of ether oxygens (including phenoxy) is 2. The van der Waals surface area contributed by atoms with Gasteiger partial charge in [0.15, 0.2) is 5.82 Å². The number of methoxy groups -OCH3 is 1. The Balaban J connectivity index is 1.55. The topological polar surface area (TPSA) is 83.2 Å². The first-order chi connectivity index (χ1) is 15.7. The summed E-state index contributed by atoms with van der Waals surface area (Å²) in [5, 5.41) is 12.2. The number of hydrogen-bond donors (Lipinski definition) is 1. The SMILES string of the molecule is CCOc1ccccc1NC(=O)CSc1nnc(-c2cccc(OC)c2)n1-n1cccc1. The van der Waals surface area contributed by atoms with Crippen LogP contribution in [0, 0.1) is 0 Å². The Morgan fingerprint density at radius 2 is 1.88 bits per heavy atom. The molecule has 0 fully saturated rings. The predicted octanol–water partition coefficient (Wildman–Crippen LogP) is 4.20. The van der Waals surface area contributed by atoms with E-state index in [9.17, 15) is 4.79 Å². The molecule has 4 rings (SSSR count). The number of hydrogen-bond acceptors (Lipinski definition) is 6. The third-order valence-electron chi connectivity index (χ3n) is 4.55. The van der Waals surface area contributed by atoms with Gasteiger partial charge in [-0.25, -0.2) is 4.68 Å². The lowest BCUT2D eigenvalue weighted by Crippen LogP contribution is -2.16. The van der Waals surface area contributed by atoms with E-state index in [1.165, 1.54) is 11.8 Å². The van der Waals surface area contributed by atoms with Gasteiger partial charge in [-0.3, -0.25) is 9.47 Å². The molecule has 1 N–H and O–H groups in total. The van der Waals surface area contributed by atoms with Crippen LogP contribution in [0.25, 0.3) is 11.4 Å². The van der Waals surface area contributed by atoms with Crippen molar-refractivity contribution in [2.45, 2.75) is 12.1 Å². The minimum absolute atomic E-state index is 0.160. The van der Waals surface area contributed by atoms with Crippen LogP contribution < -0.4 is 14.8 Å². The van der Waals surface area contributed by atoms with Crippen LogP contribution in [0.4, 0.5) is 5.69 Å². The van der Waals surface area contributed by atoms with Crippen LogP contribution in [0.3, 0.4) is 0 Å². The van der Waals surface area contributed by atoms with Gasteiger partial charge in [-0.1, -0.05) is 36.0 Å². The molecule has 1 amide bonds. The van der Waals surface area contributed by atoms with Crippen LogP contribution in [0.2, 0.25) is 0 Å². The average molecular weight is 450 g/mol. The van der Waals surface area contributed by atoms with Crippen molar-refractivity contribution in [3.63, 3.8) is 0 Å². The van der Waals surface area contributed by atoms with Crippen LogP contribution in [0.1, 0.15) is 6.92 Å². The van der Waals surface area contributed by atoms with E-state index < -0.39 is 0 Å². The van der Waals surface area contributed by atoms with E-state index in [-0.39, 0.29) is 11.7 Å². The molecule has 0 saturated carbocycles. The molecule has 0 aliphatic heterocycles. The van der Waals surface area contributed by atoms with E-state index >= 15 is 0 Å². The van der Waals surface area contributed by atoms with Crippen molar-refractivity contribution >= 4 is 23.4 Å². The molecule has 164 valence electrons. The van der Waals surface area contributed by atoms with E-state index in [2.05, 4.69) is 15.5 Å². The Bertz CT molecular complexity index is 1190. The summed E-state index contributed by atoms with van der Waals surface area (Å²) in [4.78, 5) is 12.6. The van der Waals surface area contributed by atoms with Gasteiger partial charge in [0.25, 0.3) is 0 Å². The standard InChI is InChI=1S/C23H23N5O3S/c1-3-31-20-12-5-4-11-19(20)24-21(29)16-32-23-26-25-22(28(23)27-13-6-7-14-27)17-9-8-10-18(15-17)30-2/h4-15H,3,16H2,1-2H3,(H,24,29). The molecule has 0 atom stereocenters. The minimum atomic E-state index is -0.160. The molecule has 0 saturated heterocycles. The van der Waals surface area contributed by atoms with Gasteiger partial charge in [0.05, 0.1) is 25.2 Å². The highest BCUT2D eigenvalue weighted by molar-refractivity contribution is 7.99. The van der Waals surface area contributed by atoms with Gasteiger partial charge < -0.3 is 14.8 Å². The lowest BCUT2D eigenvalue weighted by atomic mass is 10.2. The van der Waals surface area contributed by atoms with Crippen molar-refractivity contribution in [3.8, 4) is 22.9 Å². The lowest BCUT2D eigenvalue weighted by molar-refractivity contribution is -0.113. The van der Waals surface area contributed by atoms with Gasteiger partial charge in [-0.15, -0.1) is 10.2 Å². The van der Waals surface area contributed by atoms with Crippen LogP contribution in [0.5, 0.6) is 11.5 Å². The molecular formula is C23H23N5O3S. The van der Waals surface area contributed by atoms with E-state index in [0.29, 0.717) is 29.0 Å². The minimum Gasteiger partial charge on any atom is -0.497 e. The molecule has 8 nitrogen and oxygen atoms in total. The number of nitrogens with one attached hydrogen (secondary N) is 1. The second-order valence-electron chi connectivity index (χ2n) is 6.68. The lowest BCUT2D eigenvalue weighted by Gasteiger charge is -2.13. The molecule has 0 bridgehead atoms. The highest BCUT2D eigenvalue weighted by atomic mass is 32.2. The molecular weight excluding hydrogens is 426 g/mol. The van der Waals surface area contributed by atoms with Gasteiger partial charge >= 0.3 is 0 Å². The zero-order valence-electron chi connectivity index (χ0n) is 17.8. The monoisotopic (exact) mass is 449 g/mol. The Hall–Kier alpha value is -3.72. The number of benzene rings is 2. The quantitative estimate of drug-likeness (QED) is 0.386. The zero-order chi connectivity index (χ0) is 22.3. The number of amides is 1. The Morgan fingerprint density at radius 1 is 1.06 bits per heavy atom. The molecule has 2 aromatic carbocycles. The molecule has 0 radical (unpaired) electrons. The summed E-state index contributed by atoms with van der Waals surface area (Å²) in [6.45, 7) is 2.43. The second-order valence-corrected chi connectivity index (χ2v) is 7.62. The van der Waals surface area contributed by atoms with Crippen LogP contribution in [0.15, 0.2) is 78.2 Å². The molecule has 32 heavy (non-hydrogen) atoms. The fraction of sp³-hybridized carbons (Fsp3) is 0.174. The van der Waals surface area contributed by atoms with Crippen LogP contribution in [-0.4, -0.2) is 44.9 Å². The summed E-state index contributed by atoms with van der Waals surface area (Å²) < 4.78 is 14.7. The van der Waals surface area contributed by atoms with Crippen molar-refractivity contribution in [1.82, 2.24) is 19.5 Å². The van der Waals surface area contributed by atoms with Gasteiger partial charge in [0, 0.05) is 18.0 Å². The molecule has 0 aliphatic rings. The number of aromatic nitrogens is 4. The van der Waals surface area contributed by atoms with Crippen molar-refractivity contribution in [2.24, 2.45) is 0 Å². The Kier molecular flexibility index (Phi) is 6.76. The largest absolute Gasteiger partial charge is 0.497 e. The second kappa shape index (κ2) is 10.1. The summed E-state index contributed by atoms with van der Waals surface area (Å²) >= 11 is 1.30. The molecule has 0 aliphatic carbocycles. The number of anilines is 1. The predicted molar refractivity (Wildman–Crippen MR) is 124 cm³/mol. The first-order valence-electron chi connectivity index (χ1n) is 10.1. The number of carbonyl (C=O) groups is 1. The summed E-state index contributed by atoms with van der Waals surface area (Å²) in [6.07, 6.45) is 3.80. The van der Waals surface area contributed by atoms with Gasteiger partial charge in [0.1, 0.15) is 11.5 Å². The summed E-state index contributed by atoms with van der Waals surface area (Å²) in [5.74, 6) is 2.02. The average Bonchev–Trinajstić information content (AvgIpc) is 3.49. The summed E-state index contributed by atoms with van der Waals surface area (Å²) in [7, 11) is 1.62. The van der Waals surface area contributed by atoms with Gasteiger partial charge in [-0.05, 0) is 43.3 Å². The number of rotatable bonds is 9. The van der Waals surface area contributed by atoms with Crippen molar-refractivity contribution in [3.05, 3.63) is 73.1 Å². The van der Waals surface area contributed by atoms with E-state index in [4.69, 9.17) is 9.47 Å². The third kappa shape index (κ3) is 4.78. The zero-order valence-corrected chi connectivity index (χ0v) is 18.6. The normalized spacial score (nSPS) is 10.7. The fourth-order valence-corrected chi connectivity index (χ4v) is 3.87. The Morgan fingerprint density at radius 3 is 2.66 bits per heavy atom. The maximum atomic E-state index is 12.6. The van der Waals surface area contributed by atoms with Crippen molar-refractivity contribution in [2.75, 3.05) is 24.8 Å². The van der Waals surface area contributed by atoms with E-state index in [1.807, 2.05) is 89.3 Å². The number of thioether (sulfide) groups is 1. The highest BCUT2D eigenvalue weighted by Gasteiger charge is 2.18. The van der Waals surface area contributed by atoms with E-state index in [1.54, 1.807) is 7.11 Å². The first-order valence-corrected chi connectivity index (χ1v) is 11.1. The number of para-hydroxylation sites is 2. The van der Waals surface area contributed by atoms with E-state index in [0.717, 1.165) is 11.3 Å². The Labute approximate surface area is 190 Å². The third-order valence-corrected chi connectivity index (χ3v) is 5.47. The molecule has 4 aromatic rings. The van der Waals surface area contributed by atoms with Gasteiger partial charge in [0.2, 0.25) is 11.1 Å². The smallest absolute Gasteiger partial charge is 0.234 e. The number of carbonyl (C=O) groups excluding carboxylic acids is 1. The van der Waals surface area contributed by atoms with Crippen molar-refractivity contribution < 1.29 is 14.3 Å². The molecule has 9 heteroatoms. The molecule has 0 unspecified atom stereocenters. The highest BCUT2D eigenvalue weighted by Crippen LogP contribution is 2.28. The van der Waals surface area contributed by atoms with Crippen LogP contribution in [-0.2, 0) is 4.79 Å². The maximum Gasteiger partial charge on any atom is 0.234 e. The van der Waals surface area contributed by atoms with Crippen molar-refractivity contribution in [1.29, 1.82) is 0 Å². The maximum absolute atomic E-state index is 12.6. The van der Waals surface area contributed by atoms with Crippen LogP contribution >= 0.6 is 11.8 Å². The molecule has 0 spiro atoms. The molecule has 2 heterocycles. The fourth-order valence-electron chi connectivity index (χ4n) is 3.13. The summed E-state index contributed by atoms with van der Waals surface area (Å²) in [5.41, 5.74) is 1.50.